The Kier molecular flexibility index (Phi) is 4.20. The minimum atomic E-state index is 0.259. The summed E-state index contributed by atoms with van der Waals surface area (Å²) >= 11 is 0. The summed E-state index contributed by atoms with van der Waals surface area (Å²) in [6.07, 6.45) is 3.86. The van der Waals surface area contributed by atoms with Gasteiger partial charge in [0.25, 0.3) is 0 Å². The predicted octanol–water partition coefficient (Wildman–Crippen LogP) is 2.19. The van der Waals surface area contributed by atoms with Crippen molar-refractivity contribution in [3.8, 4) is 0 Å². The van der Waals surface area contributed by atoms with Crippen molar-refractivity contribution in [1.82, 2.24) is 5.32 Å². The zero-order valence-corrected chi connectivity index (χ0v) is 9.23. The molecule has 1 aliphatic rings. The lowest BCUT2D eigenvalue weighted by Crippen LogP contribution is -2.37. The van der Waals surface area contributed by atoms with Crippen LogP contribution in [0, 0.1) is 5.92 Å². The van der Waals surface area contributed by atoms with Gasteiger partial charge in [0.05, 0.1) is 0 Å². The van der Waals surface area contributed by atoms with Crippen LogP contribution in [0.2, 0.25) is 0 Å². The second-order valence-electron chi connectivity index (χ2n) is 5.05. The Labute approximate surface area is 82.0 Å². The quantitative estimate of drug-likeness (QED) is 0.727. The van der Waals surface area contributed by atoms with Crippen molar-refractivity contribution in [3.05, 3.63) is 0 Å². The van der Waals surface area contributed by atoms with Crippen LogP contribution in [0.25, 0.3) is 0 Å². The molecule has 78 valence electrons. The van der Waals surface area contributed by atoms with Crippen LogP contribution >= 0.6 is 0 Å². The average Bonchev–Trinajstić information content (AvgIpc) is 2.04. The standard InChI is InChI=1S/C11H23NO/c1-11(2,3)12-7-6-10-5-4-8-13-9-10/h10,12H,4-9H2,1-3H3. The molecule has 13 heavy (non-hydrogen) atoms. The largest absolute Gasteiger partial charge is 0.381 e. The van der Waals surface area contributed by atoms with E-state index in [4.69, 9.17) is 4.74 Å². The molecule has 1 fully saturated rings. The highest BCUT2D eigenvalue weighted by atomic mass is 16.5. The molecule has 0 bridgehead atoms. The molecule has 1 unspecified atom stereocenters. The van der Waals surface area contributed by atoms with Crippen molar-refractivity contribution in [1.29, 1.82) is 0 Å². The monoisotopic (exact) mass is 185 g/mol. The van der Waals surface area contributed by atoms with Gasteiger partial charge in [0, 0.05) is 18.8 Å². The normalized spacial score (nSPS) is 24.7. The Morgan fingerprint density at radius 1 is 1.38 bits per heavy atom. The predicted molar refractivity (Wildman–Crippen MR) is 55.9 cm³/mol. The van der Waals surface area contributed by atoms with E-state index in [1.165, 1.54) is 19.3 Å². The Hall–Kier alpha value is -0.0800. The maximum Gasteiger partial charge on any atom is 0.0494 e. The summed E-state index contributed by atoms with van der Waals surface area (Å²) in [5.74, 6) is 0.795. The molecule has 1 atom stereocenters. The Morgan fingerprint density at radius 2 is 2.15 bits per heavy atom. The first-order valence-electron chi connectivity index (χ1n) is 5.41. The minimum Gasteiger partial charge on any atom is -0.381 e. The molecule has 1 heterocycles. The third-order valence-electron chi connectivity index (χ3n) is 2.46. The van der Waals surface area contributed by atoms with Gasteiger partial charge in [0.1, 0.15) is 0 Å². The van der Waals surface area contributed by atoms with Gasteiger partial charge in [-0.2, -0.15) is 0 Å². The van der Waals surface area contributed by atoms with E-state index in [1.807, 2.05) is 0 Å². The first-order valence-corrected chi connectivity index (χ1v) is 5.41. The molecule has 0 amide bonds. The number of hydrogen-bond acceptors (Lipinski definition) is 2. The highest BCUT2D eigenvalue weighted by Crippen LogP contribution is 2.16. The first-order chi connectivity index (χ1) is 6.08. The van der Waals surface area contributed by atoms with E-state index in [2.05, 4.69) is 26.1 Å². The zero-order valence-electron chi connectivity index (χ0n) is 9.23. The van der Waals surface area contributed by atoms with Crippen LogP contribution in [0.5, 0.6) is 0 Å². The lowest BCUT2D eigenvalue weighted by Gasteiger charge is -2.25. The van der Waals surface area contributed by atoms with Gasteiger partial charge in [-0.15, -0.1) is 0 Å². The highest BCUT2D eigenvalue weighted by Gasteiger charge is 2.14. The van der Waals surface area contributed by atoms with E-state index in [-0.39, 0.29) is 5.54 Å². The van der Waals surface area contributed by atoms with Gasteiger partial charge in [-0.25, -0.2) is 0 Å². The van der Waals surface area contributed by atoms with Crippen LogP contribution in [0.15, 0.2) is 0 Å². The van der Waals surface area contributed by atoms with E-state index >= 15 is 0 Å². The summed E-state index contributed by atoms with van der Waals surface area (Å²) < 4.78 is 5.44. The lowest BCUT2D eigenvalue weighted by atomic mass is 9.98. The molecule has 0 spiro atoms. The number of nitrogens with one attached hydrogen (secondary N) is 1. The van der Waals surface area contributed by atoms with Crippen molar-refractivity contribution < 1.29 is 4.74 Å². The van der Waals surface area contributed by atoms with Gasteiger partial charge in [-0.3, -0.25) is 0 Å². The fraction of sp³-hybridized carbons (Fsp3) is 1.00. The van der Waals surface area contributed by atoms with Crippen molar-refractivity contribution in [3.63, 3.8) is 0 Å². The first kappa shape index (κ1) is 11.0. The summed E-state index contributed by atoms with van der Waals surface area (Å²) in [7, 11) is 0. The molecular weight excluding hydrogens is 162 g/mol. The highest BCUT2D eigenvalue weighted by molar-refractivity contribution is 4.72. The molecule has 0 aliphatic carbocycles. The zero-order chi connectivity index (χ0) is 9.73. The molecule has 1 N–H and O–H groups in total. The van der Waals surface area contributed by atoms with E-state index < -0.39 is 0 Å². The van der Waals surface area contributed by atoms with E-state index in [0.29, 0.717) is 0 Å². The molecule has 0 saturated carbocycles. The fourth-order valence-electron chi connectivity index (χ4n) is 1.69. The van der Waals surface area contributed by atoms with Crippen LogP contribution < -0.4 is 5.32 Å². The lowest BCUT2D eigenvalue weighted by molar-refractivity contribution is 0.0512. The maximum absolute atomic E-state index is 5.44. The Morgan fingerprint density at radius 3 is 2.69 bits per heavy atom. The van der Waals surface area contributed by atoms with Gasteiger partial charge >= 0.3 is 0 Å². The third-order valence-corrected chi connectivity index (χ3v) is 2.46. The summed E-state index contributed by atoms with van der Waals surface area (Å²) in [6, 6.07) is 0. The average molecular weight is 185 g/mol. The van der Waals surface area contributed by atoms with Gasteiger partial charge in [-0.05, 0) is 52.5 Å². The summed E-state index contributed by atoms with van der Waals surface area (Å²) in [5, 5.41) is 3.51. The van der Waals surface area contributed by atoms with Gasteiger partial charge in [0.2, 0.25) is 0 Å². The van der Waals surface area contributed by atoms with Crippen molar-refractivity contribution in [2.24, 2.45) is 5.92 Å². The number of ether oxygens (including phenoxy) is 1. The molecule has 0 aromatic rings. The molecule has 0 radical (unpaired) electrons. The van der Waals surface area contributed by atoms with Crippen molar-refractivity contribution >= 4 is 0 Å². The van der Waals surface area contributed by atoms with E-state index in [0.717, 1.165) is 25.7 Å². The molecule has 2 heteroatoms. The van der Waals surface area contributed by atoms with Crippen LogP contribution in [-0.4, -0.2) is 25.3 Å². The number of rotatable bonds is 3. The van der Waals surface area contributed by atoms with Crippen molar-refractivity contribution in [2.45, 2.75) is 45.6 Å². The van der Waals surface area contributed by atoms with Gasteiger partial charge in [0.15, 0.2) is 0 Å². The van der Waals surface area contributed by atoms with E-state index in [1.54, 1.807) is 0 Å². The van der Waals surface area contributed by atoms with Crippen LogP contribution in [-0.2, 0) is 4.74 Å². The molecule has 0 aromatic carbocycles. The second-order valence-corrected chi connectivity index (χ2v) is 5.05. The minimum absolute atomic E-state index is 0.259. The smallest absolute Gasteiger partial charge is 0.0494 e. The summed E-state index contributed by atoms with van der Waals surface area (Å²) in [4.78, 5) is 0. The fourth-order valence-corrected chi connectivity index (χ4v) is 1.69. The molecule has 2 nitrogen and oxygen atoms in total. The molecule has 0 aromatic heterocycles. The van der Waals surface area contributed by atoms with Crippen LogP contribution in [0.3, 0.4) is 0 Å². The van der Waals surface area contributed by atoms with Gasteiger partial charge < -0.3 is 10.1 Å². The maximum atomic E-state index is 5.44. The SMILES string of the molecule is CC(C)(C)NCCC1CCCOC1. The van der Waals surface area contributed by atoms with Gasteiger partial charge in [-0.1, -0.05) is 0 Å². The second kappa shape index (κ2) is 4.97. The Balaban J connectivity index is 2.04. The molecule has 1 saturated heterocycles. The summed E-state index contributed by atoms with van der Waals surface area (Å²) in [5.41, 5.74) is 0.259. The van der Waals surface area contributed by atoms with Crippen LogP contribution in [0.4, 0.5) is 0 Å². The topological polar surface area (TPSA) is 21.3 Å². The number of hydrogen-bond donors (Lipinski definition) is 1. The summed E-state index contributed by atoms with van der Waals surface area (Å²) in [6.45, 7) is 9.71. The van der Waals surface area contributed by atoms with E-state index in [9.17, 15) is 0 Å². The van der Waals surface area contributed by atoms with Crippen molar-refractivity contribution in [2.75, 3.05) is 19.8 Å². The molecule has 1 aliphatic heterocycles. The third kappa shape index (κ3) is 5.27. The molecule has 1 rings (SSSR count). The van der Waals surface area contributed by atoms with Crippen LogP contribution in [0.1, 0.15) is 40.0 Å². The molecular formula is C11H23NO. The Bertz CT molecular complexity index is 134.